The van der Waals surface area contributed by atoms with Gasteiger partial charge in [-0.2, -0.15) is 0 Å². The van der Waals surface area contributed by atoms with Gasteiger partial charge < -0.3 is 9.47 Å². The van der Waals surface area contributed by atoms with Crippen LogP contribution in [0.4, 0.5) is 0 Å². The topological polar surface area (TPSA) is 18.5 Å². The van der Waals surface area contributed by atoms with Crippen molar-refractivity contribution in [1.82, 2.24) is 0 Å². The summed E-state index contributed by atoms with van der Waals surface area (Å²) < 4.78 is 11.3. The second kappa shape index (κ2) is 9.81. The fourth-order valence-electron chi connectivity index (χ4n) is 1.64. The van der Waals surface area contributed by atoms with Crippen molar-refractivity contribution in [2.45, 2.75) is 45.4 Å². The fraction of sp³-hybridized carbons (Fsp3) is 0.562. The molecule has 0 atom stereocenters. The Morgan fingerprint density at radius 2 is 1.33 bits per heavy atom. The van der Waals surface area contributed by atoms with Crippen LogP contribution in [-0.2, 0) is 0 Å². The van der Waals surface area contributed by atoms with Crippen molar-refractivity contribution >= 4 is 0 Å². The van der Waals surface area contributed by atoms with Crippen LogP contribution in [0.5, 0.6) is 11.5 Å². The molecule has 0 aromatic heterocycles. The lowest BCUT2D eigenvalue weighted by molar-refractivity contribution is 0.298. The van der Waals surface area contributed by atoms with Gasteiger partial charge in [-0.05, 0) is 37.1 Å². The molecule has 0 spiro atoms. The van der Waals surface area contributed by atoms with Crippen molar-refractivity contribution in [1.29, 1.82) is 0 Å². The van der Waals surface area contributed by atoms with Gasteiger partial charge in [0.05, 0.1) is 13.2 Å². The van der Waals surface area contributed by atoms with E-state index in [1.807, 2.05) is 24.3 Å². The summed E-state index contributed by atoms with van der Waals surface area (Å²) in [6.07, 6.45) is 6.75. The SMILES string of the molecule is [CH2]CCCCOc1ccc(OCCCCC)cc1. The Kier molecular flexibility index (Phi) is 8.11. The van der Waals surface area contributed by atoms with Crippen LogP contribution < -0.4 is 9.47 Å². The molecule has 0 saturated heterocycles. The lowest BCUT2D eigenvalue weighted by Crippen LogP contribution is -1.98. The number of unbranched alkanes of at least 4 members (excludes halogenated alkanes) is 4. The molecule has 0 aliphatic rings. The monoisotopic (exact) mass is 249 g/mol. The Morgan fingerprint density at radius 3 is 1.78 bits per heavy atom. The average Bonchev–Trinajstić information content (AvgIpc) is 2.41. The van der Waals surface area contributed by atoms with Crippen LogP contribution in [0.1, 0.15) is 45.4 Å². The summed E-state index contributed by atoms with van der Waals surface area (Å²) in [5, 5.41) is 0. The maximum Gasteiger partial charge on any atom is 0.119 e. The molecular weight excluding hydrogens is 224 g/mol. The zero-order chi connectivity index (χ0) is 13.1. The molecule has 0 amide bonds. The van der Waals surface area contributed by atoms with E-state index in [0.29, 0.717) is 0 Å². The molecule has 0 unspecified atom stereocenters. The van der Waals surface area contributed by atoms with E-state index in [1.54, 1.807) is 0 Å². The quantitative estimate of drug-likeness (QED) is 0.562. The Morgan fingerprint density at radius 1 is 0.833 bits per heavy atom. The molecule has 0 aliphatic carbocycles. The van der Waals surface area contributed by atoms with Crippen LogP contribution in [0.15, 0.2) is 24.3 Å². The first-order valence-electron chi connectivity index (χ1n) is 7.01. The summed E-state index contributed by atoms with van der Waals surface area (Å²) in [7, 11) is 0. The number of ether oxygens (including phenoxy) is 2. The molecule has 0 bridgehead atoms. The molecule has 18 heavy (non-hydrogen) atoms. The first-order valence-corrected chi connectivity index (χ1v) is 7.01. The van der Waals surface area contributed by atoms with Gasteiger partial charge in [0.15, 0.2) is 0 Å². The molecule has 1 aromatic carbocycles. The van der Waals surface area contributed by atoms with Gasteiger partial charge in [-0.15, -0.1) is 0 Å². The highest BCUT2D eigenvalue weighted by Gasteiger charge is 1.96. The average molecular weight is 249 g/mol. The van der Waals surface area contributed by atoms with E-state index in [-0.39, 0.29) is 0 Å². The molecule has 101 valence electrons. The molecule has 0 heterocycles. The van der Waals surface area contributed by atoms with E-state index in [9.17, 15) is 0 Å². The van der Waals surface area contributed by atoms with Crippen LogP contribution in [0.25, 0.3) is 0 Å². The van der Waals surface area contributed by atoms with E-state index in [1.165, 1.54) is 12.8 Å². The van der Waals surface area contributed by atoms with Gasteiger partial charge in [-0.1, -0.05) is 39.5 Å². The van der Waals surface area contributed by atoms with Crippen LogP contribution >= 0.6 is 0 Å². The lowest BCUT2D eigenvalue weighted by atomic mass is 10.2. The molecule has 0 fully saturated rings. The third-order valence-electron chi connectivity index (χ3n) is 2.75. The highest BCUT2D eigenvalue weighted by Crippen LogP contribution is 2.18. The standard InChI is InChI=1S/C16H25O2/c1-3-5-7-13-17-15-9-11-16(12-10-15)18-14-8-6-4-2/h9-12H,1,3-8,13-14H2,2H3. The zero-order valence-electron chi connectivity index (χ0n) is 11.5. The third-order valence-corrected chi connectivity index (χ3v) is 2.75. The van der Waals surface area contributed by atoms with Gasteiger partial charge in [0.2, 0.25) is 0 Å². The fourth-order valence-corrected chi connectivity index (χ4v) is 1.64. The summed E-state index contributed by atoms with van der Waals surface area (Å²) in [6, 6.07) is 7.89. The summed E-state index contributed by atoms with van der Waals surface area (Å²) in [5.41, 5.74) is 0. The first-order chi connectivity index (χ1) is 8.86. The Balaban J connectivity index is 2.20. The maximum absolute atomic E-state index is 5.64. The van der Waals surface area contributed by atoms with Crippen LogP contribution in [0.2, 0.25) is 0 Å². The molecule has 1 rings (SSSR count). The van der Waals surface area contributed by atoms with E-state index in [0.717, 1.165) is 50.4 Å². The van der Waals surface area contributed by atoms with Gasteiger partial charge in [0.25, 0.3) is 0 Å². The Hall–Kier alpha value is -1.18. The van der Waals surface area contributed by atoms with Crippen molar-refractivity contribution in [3.05, 3.63) is 31.2 Å². The third kappa shape index (κ3) is 6.53. The van der Waals surface area contributed by atoms with Crippen LogP contribution in [0, 0.1) is 6.92 Å². The van der Waals surface area contributed by atoms with Crippen LogP contribution in [0.3, 0.4) is 0 Å². The summed E-state index contributed by atoms with van der Waals surface area (Å²) >= 11 is 0. The van der Waals surface area contributed by atoms with Crippen molar-refractivity contribution < 1.29 is 9.47 Å². The Labute approximate surface area is 111 Å². The number of hydrogen-bond donors (Lipinski definition) is 0. The smallest absolute Gasteiger partial charge is 0.119 e. The van der Waals surface area contributed by atoms with E-state index in [4.69, 9.17) is 9.47 Å². The second-order valence-electron chi connectivity index (χ2n) is 4.44. The molecule has 1 aromatic rings. The minimum absolute atomic E-state index is 0.770. The molecule has 0 saturated carbocycles. The molecule has 1 radical (unpaired) electrons. The summed E-state index contributed by atoms with van der Waals surface area (Å²) in [6.45, 7) is 7.58. The van der Waals surface area contributed by atoms with E-state index >= 15 is 0 Å². The normalized spacial score (nSPS) is 10.3. The summed E-state index contributed by atoms with van der Waals surface area (Å²) in [4.78, 5) is 0. The maximum atomic E-state index is 5.64. The molecule has 2 heteroatoms. The van der Waals surface area contributed by atoms with Gasteiger partial charge in [-0.25, -0.2) is 0 Å². The number of benzene rings is 1. The summed E-state index contributed by atoms with van der Waals surface area (Å²) in [5.74, 6) is 1.84. The van der Waals surface area contributed by atoms with Crippen molar-refractivity contribution in [2.75, 3.05) is 13.2 Å². The highest BCUT2D eigenvalue weighted by molar-refractivity contribution is 5.31. The molecule has 2 nitrogen and oxygen atoms in total. The minimum Gasteiger partial charge on any atom is -0.494 e. The van der Waals surface area contributed by atoms with E-state index in [2.05, 4.69) is 13.8 Å². The predicted molar refractivity (Wildman–Crippen MR) is 76.2 cm³/mol. The predicted octanol–water partition coefficient (Wildman–Crippen LogP) is 4.64. The van der Waals surface area contributed by atoms with Gasteiger partial charge in [-0.3, -0.25) is 0 Å². The van der Waals surface area contributed by atoms with Crippen LogP contribution in [-0.4, -0.2) is 13.2 Å². The van der Waals surface area contributed by atoms with Gasteiger partial charge >= 0.3 is 0 Å². The molecule has 0 aliphatic heterocycles. The Bertz CT molecular complexity index is 261. The van der Waals surface area contributed by atoms with Gasteiger partial charge in [0, 0.05) is 0 Å². The number of rotatable bonds is 10. The second-order valence-corrected chi connectivity index (χ2v) is 4.44. The van der Waals surface area contributed by atoms with E-state index < -0.39 is 0 Å². The molecular formula is C16H25O2. The van der Waals surface area contributed by atoms with Crippen molar-refractivity contribution in [2.24, 2.45) is 0 Å². The molecule has 0 N–H and O–H groups in total. The first kappa shape index (κ1) is 14.9. The zero-order valence-corrected chi connectivity index (χ0v) is 11.5. The highest BCUT2D eigenvalue weighted by atomic mass is 16.5. The minimum atomic E-state index is 0.770. The largest absolute Gasteiger partial charge is 0.494 e. The van der Waals surface area contributed by atoms with Crippen molar-refractivity contribution in [3.63, 3.8) is 0 Å². The van der Waals surface area contributed by atoms with Gasteiger partial charge in [0.1, 0.15) is 11.5 Å². The number of hydrogen-bond acceptors (Lipinski definition) is 2. The lowest BCUT2D eigenvalue weighted by Gasteiger charge is -2.08. The van der Waals surface area contributed by atoms with Crippen molar-refractivity contribution in [3.8, 4) is 11.5 Å².